The Hall–Kier alpha value is -8.47. The topological polar surface area (TPSA) is 58.9 Å². The number of aromatic nitrogens is 3. The van der Waals surface area contributed by atoms with E-state index in [-0.39, 0.29) is 5.75 Å². The molecule has 1 heterocycles. The summed E-state index contributed by atoms with van der Waals surface area (Å²) < 4.78 is 0. The molecule has 4 nitrogen and oxygen atoms in total. The van der Waals surface area contributed by atoms with Crippen molar-refractivity contribution in [2.45, 2.75) is 0 Å². The van der Waals surface area contributed by atoms with Gasteiger partial charge in [-0.2, -0.15) is 0 Å². The summed E-state index contributed by atoms with van der Waals surface area (Å²) in [5.41, 5.74) is 12.9. The van der Waals surface area contributed by atoms with Crippen LogP contribution in [0.15, 0.2) is 231 Å². The van der Waals surface area contributed by atoms with E-state index in [0.717, 1.165) is 66.4 Å². The van der Waals surface area contributed by atoms with Gasteiger partial charge in [0.15, 0.2) is 17.5 Å². The monoisotopic (exact) mass is 805 g/mol. The van der Waals surface area contributed by atoms with E-state index in [4.69, 9.17) is 15.0 Å². The molecule has 11 rings (SSSR count). The SMILES string of the molecule is Oc1cccc(-c2nc(-c3ccc(-c4cccc5ccccc45)cc3)nc(-c3ccc4ccccc4c3)n2)c1-c1cccc(-c2cc(-c3ccccc3)cc(-c3ccccc3)c2)c1. The van der Waals surface area contributed by atoms with Gasteiger partial charge in [-0.15, -0.1) is 0 Å². The Bertz CT molecular complexity index is 3390. The van der Waals surface area contributed by atoms with Crippen LogP contribution in [0.5, 0.6) is 5.75 Å². The molecule has 0 saturated heterocycles. The van der Waals surface area contributed by atoms with Crippen LogP contribution in [0, 0.1) is 0 Å². The fraction of sp³-hybridized carbons (Fsp3) is 0. The Morgan fingerprint density at radius 3 is 1.46 bits per heavy atom. The van der Waals surface area contributed by atoms with Gasteiger partial charge < -0.3 is 5.11 Å². The van der Waals surface area contributed by atoms with E-state index >= 15 is 0 Å². The first kappa shape index (κ1) is 37.5. The number of rotatable bonds is 8. The molecule has 0 bridgehead atoms. The van der Waals surface area contributed by atoms with Crippen LogP contribution < -0.4 is 0 Å². The van der Waals surface area contributed by atoms with E-state index in [0.29, 0.717) is 28.6 Å². The number of hydrogen-bond acceptors (Lipinski definition) is 4. The lowest BCUT2D eigenvalue weighted by molar-refractivity contribution is 0.477. The van der Waals surface area contributed by atoms with Gasteiger partial charge in [-0.25, -0.2) is 15.0 Å². The maximum absolute atomic E-state index is 11.8. The average molecular weight is 806 g/mol. The lowest BCUT2D eigenvalue weighted by Crippen LogP contribution is -2.01. The molecular weight excluding hydrogens is 767 g/mol. The van der Waals surface area contributed by atoms with E-state index in [9.17, 15) is 5.11 Å². The Labute approximate surface area is 366 Å². The van der Waals surface area contributed by atoms with Crippen molar-refractivity contribution in [1.82, 2.24) is 15.0 Å². The van der Waals surface area contributed by atoms with E-state index in [2.05, 4.69) is 182 Å². The first-order valence-electron chi connectivity index (χ1n) is 21.1. The Kier molecular flexibility index (Phi) is 9.64. The average Bonchev–Trinajstić information content (AvgIpc) is 3.36. The van der Waals surface area contributed by atoms with E-state index in [1.54, 1.807) is 6.07 Å². The summed E-state index contributed by atoms with van der Waals surface area (Å²) in [7, 11) is 0. The minimum atomic E-state index is 0.140. The second-order valence-electron chi connectivity index (χ2n) is 15.8. The number of hydrogen-bond donors (Lipinski definition) is 1. The largest absolute Gasteiger partial charge is 0.507 e. The number of benzene rings is 10. The molecule has 0 radical (unpaired) electrons. The van der Waals surface area contributed by atoms with Crippen LogP contribution in [0.2, 0.25) is 0 Å². The zero-order valence-electron chi connectivity index (χ0n) is 34.2. The number of fused-ring (bicyclic) bond motifs is 2. The van der Waals surface area contributed by atoms with Gasteiger partial charge in [0.25, 0.3) is 0 Å². The van der Waals surface area contributed by atoms with Gasteiger partial charge in [0.1, 0.15) is 5.75 Å². The first-order valence-corrected chi connectivity index (χ1v) is 21.1. The molecule has 10 aromatic carbocycles. The summed E-state index contributed by atoms with van der Waals surface area (Å²) in [4.78, 5) is 15.5. The third-order valence-corrected chi connectivity index (χ3v) is 11.8. The second kappa shape index (κ2) is 16.2. The van der Waals surface area contributed by atoms with Crippen LogP contribution in [0.1, 0.15) is 0 Å². The number of nitrogens with zero attached hydrogens (tertiary/aromatic N) is 3. The molecule has 0 unspecified atom stereocenters. The highest BCUT2D eigenvalue weighted by atomic mass is 16.3. The van der Waals surface area contributed by atoms with Crippen LogP contribution in [0.25, 0.3) is 111 Å². The van der Waals surface area contributed by atoms with Crippen molar-refractivity contribution in [2.75, 3.05) is 0 Å². The van der Waals surface area contributed by atoms with Crippen molar-refractivity contribution in [2.24, 2.45) is 0 Å². The highest BCUT2D eigenvalue weighted by Crippen LogP contribution is 2.41. The van der Waals surface area contributed by atoms with Crippen molar-refractivity contribution >= 4 is 21.5 Å². The molecule has 1 aromatic heterocycles. The zero-order chi connectivity index (χ0) is 42.1. The lowest BCUT2D eigenvalue weighted by atomic mass is 9.91. The third-order valence-electron chi connectivity index (χ3n) is 11.8. The van der Waals surface area contributed by atoms with Gasteiger partial charge >= 0.3 is 0 Å². The van der Waals surface area contributed by atoms with Gasteiger partial charge in [0.2, 0.25) is 0 Å². The summed E-state index contributed by atoms with van der Waals surface area (Å²) in [6.45, 7) is 0. The second-order valence-corrected chi connectivity index (χ2v) is 15.8. The molecule has 63 heavy (non-hydrogen) atoms. The maximum Gasteiger partial charge on any atom is 0.164 e. The predicted octanol–water partition coefficient (Wildman–Crippen LogP) is 15.2. The molecule has 0 aliphatic heterocycles. The summed E-state index contributed by atoms with van der Waals surface area (Å²) in [6, 6.07) is 79.5. The van der Waals surface area contributed by atoms with Crippen molar-refractivity contribution in [3.8, 4) is 95.5 Å². The molecule has 0 aliphatic rings. The number of phenolic OH excluding ortho intramolecular Hbond substituents is 1. The highest BCUT2D eigenvalue weighted by Gasteiger charge is 2.20. The molecule has 11 aromatic rings. The van der Waals surface area contributed by atoms with Crippen molar-refractivity contribution in [1.29, 1.82) is 0 Å². The predicted molar refractivity (Wildman–Crippen MR) is 260 cm³/mol. The van der Waals surface area contributed by atoms with Gasteiger partial charge in [-0.05, 0) is 108 Å². The fourth-order valence-corrected chi connectivity index (χ4v) is 8.63. The first-order chi connectivity index (χ1) is 31.1. The van der Waals surface area contributed by atoms with Crippen LogP contribution >= 0.6 is 0 Å². The summed E-state index contributed by atoms with van der Waals surface area (Å²) >= 11 is 0. The molecule has 0 fully saturated rings. The fourth-order valence-electron chi connectivity index (χ4n) is 8.63. The van der Waals surface area contributed by atoms with Crippen LogP contribution in [-0.2, 0) is 0 Å². The van der Waals surface area contributed by atoms with Crippen LogP contribution in [0.4, 0.5) is 0 Å². The summed E-state index contributed by atoms with van der Waals surface area (Å²) in [5.74, 6) is 1.70. The molecule has 0 atom stereocenters. The molecule has 4 heteroatoms. The summed E-state index contributed by atoms with van der Waals surface area (Å²) in [6.07, 6.45) is 0. The molecule has 0 amide bonds. The van der Waals surface area contributed by atoms with Gasteiger partial charge in [-0.1, -0.05) is 194 Å². The van der Waals surface area contributed by atoms with Crippen molar-refractivity contribution in [3.63, 3.8) is 0 Å². The molecule has 1 N–H and O–H groups in total. The molecule has 0 spiro atoms. The Morgan fingerprint density at radius 1 is 0.254 bits per heavy atom. The number of aromatic hydroxyl groups is 1. The van der Waals surface area contributed by atoms with Crippen LogP contribution in [-0.4, -0.2) is 20.1 Å². The van der Waals surface area contributed by atoms with Crippen molar-refractivity contribution in [3.05, 3.63) is 231 Å². The van der Waals surface area contributed by atoms with Gasteiger partial charge in [0.05, 0.1) is 0 Å². The Morgan fingerprint density at radius 2 is 0.730 bits per heavy atom. The van der Waals surface area contributed by atoms with E-state index < -0.39 is 0 Å². The van der Waals surface area contributed by atoms with Gasteiger partial charge in [-0.3, -0.25) is 0 Å². The maximum atomic E-state index is 11.8. The zero-order valence-corrected chi connectivity index (χ0v) is 34.2. The van der Waals surface area contributed by atoms with Crippen LogP contribution in [0.3, 0.4) is 0 Å². The van der Waals surface area contributed by atoms with E-state index in [1.807, 2.05) is 42.5 Å². The summed E-state index contributed by atoms with van der Waals surface area (Å²) in [5, 5.41) is 16.4. The number of phenols is 1. The quantitative estimate of drug-likeness (QED) is 0.166. The lowest BCUT2D eigenvalue weighted by Gasteiger charge is -2.15. The van der Waals surface area contributed by atoms with Gasteiger partial charge in [0, 0.05) is 22.3 Å². The van der Waals surface area contributed by atoms with E-state index in [1.165, 1.54) is 16.3 Å². The van der Waals surface area contributed by atoms with Crippen molar-refractivity contribution < 1.29 is 5.11 Å². The molecule has 0 saturated carbocycles. The highest BCUT2D eigenvalue weighted by molar-refractivity contribution is 5.97. The molecule has 0 aliphatic carbocycles. The smallest absolute Gasteiger partial charge is 0.164 e. The Balaban J connectivity index is 1.05. The molecular formula is C59H39N3O. The normalized spacial score (nSPS) is 11.2. The minimum absolute atomic E-state index is 0.140. The third kappa shape index (κ3) is 7.41. The minimum Gasteiger partial charge on any atom is -0.507 e. The standard InChI is InChI=1S/C59H39N3O/c63-55-27-13-26-54(56(55)47-23-11-22-46(34-47)51-37-49(39-14-3-1-4-15-39)36-50(38-51)40-16-5-2-6-17-40)59-61-57(60-58(62-59)48-33-28-41-18-7-8-20-45(41)35-48)44-31-29-43(30-32-44)53-25-12-21-42-19-9-10-24-52(42)53/h1-38,63H. The molecule has 296 valence electrons.